The maximum Gasteiger partial charge on any atom is 0.235 e. The predicted octanol–water partition coefficient (Wildman–Crippen LogP) is 1.91. The van der Waals surface area contributed by atoms with Crippen molar-refractivity contribution in [1.29, 1.82) is 0 Å². The number of nitrogens with zero attached hydrogens (tertiary/aromatic N) is 2. The molecule has 1 saturated carbocycles. The largest absolute Gasteiger partial charge is 0.477 e. The van der Waals surface area contributed by atoms with Gasteiger partial charge in [0.05, 0.1) is 19.0 Å². The average molecular weight is 251 g/mol. The molecule has 2 N–H and O–H groups in total. The van der Waals surface area contributed by atoms with Gasteiger partial charge in [0.2, 0.25) is 11.8 Å². The van der Waals surface area contributed by atoms with E-state index in [0.29, 0.717) is 18.4 Å². The van der Waals surface area contributed by atoms with Gasteiger partial charge in [0.15, 0.2) is 0 Å². The van der Waals surface area contributed by atoms with Crippen molar-refractivity contribution >= 4 is 0 Å². The van der Waals surface area contributed by atoms with Crippen LogP contribution in [-0.2, 0) is 0 Å². The van der Waals surface area contributed by atoms with Crippen molar-refractivity contribution in [3.8, 4) is 11.8 Å². The molecule has 1 aromatic rings. The third-order valence-corrected chi connectivity index (χ3v) is 3.07. The maximum atomic E-state index is 6.04. The fourth-order valence-corrected chi connectivity index (χ4v) is 2.09. The van der Waals surface area contributed by atoms with Crippen LogP contribution < -0.4 is 15.2 Å². The minimum Gasteiger partial charge on any atom is -0.477 e. The summed E-state index contributed by atoms with van der Waals surface area (Å²) in [4.78, 5) is 8.35. The van der Waals surface area contributed by atoms with E-state index >= 15 is 0 Å². The van der Waals surface area contributed by atoms with E-state index < -0.39 is 0 Å². The number of nitrogens with two attached hydrogens (primary N) is 1. The molecule has 2 unspecified atom stereocenters. The Kier molecular flexibility index (Phi) is 4.75. The summed E-state index contributed by atoms with van der Waals surface area (Å²) in [5, 5.41) is 0. The van der Waals surface area contributed by atoms with E-state index in [1.54, 1.807) is 12.4 Å². The molecule has 0 aliphatic heterocycles. The summed E-state index contributed by atoms with van der Waals surface area (Å²) < 4.78 is 11.2. The topological polar surface area (TPSA) is 70.3 Å². The number of rotatable bonds is 5. The molecule has 5 nitrogen and oxygen atoms in total. The lowest BCUT2D eigenvalue weighted by atomic mass is 9.93. The van der Waals surface area contributed by atoms with Crippen LogP contribution in [0.4, 0.5) is 0 Å². The molecule has 100 valence electrons. The van der Waals surface area contributed by atoms with Crippen LogP contribution in [0.15, 0.2) is 12.4 Å². The number of hydrogen-bond acceptors (Lipinski definition) is 5. The maximum absolute atomic E-state index is 6.04. The van der Waals surface area contributed by atoms with Gasteiger partial charge in [-0.3, -0.25) is 4.98 Å². The standard InChI is InChI=1S/C13H21N3O2/c1-2-7-17-12-8-15-9-13(16-12)18-11-6-4-3-5-10(11)14/h8-11H,2-7,14H2,1H3. The highest BCUT2D eigenvalue weighted by Gasteiger charge is 2.23. The van der Waals surface area contributed by atoms with Crippen LogP contribution in [-0.4, -0.2) is 28.7 Å². The molecule has 18 heavy (non-hydrogen) atoms. The first-order valence-corrected chi connectivity index (χ1v) is 6.66. The molecule has 1 heterocycles. The van der Waals surface area contributed by atoms with Gasteiger partial charge >= 0.3 is 0 Å². The average Bonchev–Trinajstić information content (AvgIpc) is 2.40. The second-order valence-corrected chi connectivity index (χ2v) is 4.65. The van der Waals surface area contributed by atoms with E-state index in [2.05, 4.69) is 16.9 Å². The number of hydrogen-bond donors (Lipinski definition) is 1. The SMILES string of the molecule is CCCOc1cncc(OC2CCCCC2N)n1. The van der Waals surface area contributed by atoms with E-state index in [1.807, 2.05) is 0 Å². The van der Waals surface area contributed by atoms with E-state index in [1.165, 1.54) is 6.42 Å². The van der Waals surface area contributed by atoms with Crippen molar-refractivity contribution in [2.45, 2.75) is 51.2 Å². The molecule has 2 atom stereocenters. The van der Waals surface area contributed by atoms with E-state index in [-0.39, 0.29) is 12.1 Å². The Morgan fingerprint density at radius 3 is 2.83 bits per heavy atom. The highest BCUT2D eigenvalue weighted by Crippen LogP contribution is 2.22. The molecule has 1 aromatic heterocycles. The molecular weight excluding hydrogens is 230 g/mol. The van der Waals surface area contributed by atoms with Crippen LogP contribution in [0.3, 0.4) is 0 Å². The van der Waals surface area contributed by atoms with Gasteiger partial charge in [-0.15, -0.1) is 0 Å². The van der Waals surface area contributed by atoms with Crippen LogP contribution in [0.1, 0.15) is 39.0 Å². The van der Waals surface area contributed by atoms with Gasteiger partial charge in [-0.25, -0.2) is 0 Å². The van der Waals surface area contributed by atoms with Gasteiger partial charge in [-0.05, 0) is 25.7 Å². The molecule has 1 aliphatic carbocycles. The minimum absolute atomic E-state index is 0.0504. The first-order valence-electron chi connectivity index (χ1n) is 6.66. The van der Waals surface area contributed by atoms with Crippen LogP contribution in [0.2, 0.25) is 0 Å². The Morgan fingerprint density at radius 1 is 1.28 bits per heavy atom. The van der Waals surface area contributed by atoms with Crippen molar-refractivity contribution in [3.63, 3.8) is 0 Å². The monoisotopic (exact) mass is 251 g/mol. The Bertz CT molecular complexity index is 373. The lowest BCUT2D eigenvalue weighted by Crippen LogP contribution is -2.41. The Balaban J connectivity index is 1.95. The summed E-state index contributed by atoms with van der Waals surface area (Å²) in [6.07, 6.45) is 8.57. The highest BCUT2D eigenvalue weighted by molar-refractivity contribution is 5.13. The zero-order valence-corrected chi connectivity index (χ0v) is 10.8. The normalized spacial score (nSPS) is 23.7. The van der Waals surface area contributed by atoms with Crippen molar-refractivity contribution in [1.82, 2.24) is 9.97 Å². The fraction of sp³-hybridized carbons (Fsp3) is 0.692. The molecule has 1 aliphatic rings. The molecule has 0 bridgehead atoms. The van der Waals surface area contributed by atoms with Crippen molar-refractivity contribution in [3.05, 3.63) is 12.4 Å². The quantitative estimate of drug-likeness (QED) is 0.865. The molecule has 0 spiro atoms. The summed E-state index contributed by atoms with van der Waals surface area (Å²) in [6.45, 7) is 2.69. The van der Waals surface area contributed by atoms with Gasteiger partial charge < -0.3 is 15.2 Å². The van der Waals surface area contributed by atoms with E-state index in [9.17, 15) is 0 Å². The molecule has 0 aromatic carbocycles. The van der Waals surface area contributed by atoms with Crippen LogP contribution in [0.25, 0.3) is 0 Å². The summed E-state index contributed by atoms with van der Waals surface area (Å²) in [6, 6.07) is 0.0979. The fourth-order valence-electron chi connectivity index (χ4n) is 2.09. The highest BCUT2D eigenvalue weighted by atomic mass is 16.5. The summed E-state index contributed by atoms with van der Waals surface area (Å²) in [7, 11) is 0. The molecule has 0 amide bonds. The zero-order valence-electron chi connectivity index (χ0n) is 10.8. The Labute approximate surface area is 108 Å². The van der Waals surface area contributed by atoms with Crippen LogP contribution >= 0.6 is 0 Å². The third-order valence-electron chi connectivity index (χ3n) is 3.07. The minimum atomic E-state index is 0.0504. The molecule has 1 fully saturated rings. The van der Waals surface area contributed by atoms with Gasteiger partial charge in [0.25, 0.3) is 0 Å². The first-order chi connectivity index (χ1) is 8.79. The molecular formula is C13H21N3O2. The molecule has 0 saturated heterocycles. The number of ether oxygens (including phenoxy) is 2. The lowest BCUT2D eigenvalue weighted by Gasteiger charge is -2.28. The second kappa shape index (κ2) is 6.54. The zero-order chi connectivity index (χ0) is 12.8. The molecule has 0 radical (unpaired) electrons. The predicted molar refractivity (Wildman–Crippen MR) is 68.7 cm³/mol. The van der Waals surface area contributed by atoms with Crippen molar-refractivity contribution in [2.24, 2.45) is 5.73 Å². The smallest absolute Gasteiger partial charge is 0.235 e. The van der Waals surface area contributed by atoms with Gasteiger partial charge in [0, 0.05) is 6.04 Å². The van der Waals surface area contributed by atoms with Gasteiger partial charge in [-0.2, -0.15) is 4.98 Å². The second-order valence-electron chi connectivity index (χ2n) is 4.65. The summed E-state index contributed by atoms with van der Waals surface area (Å²) in [5.74, 6) is 1.02. The first kappa shape index (κ1) is 13.1. The van der Waals surface area contributed by atoms with Gasteiger partial charge in [-0.1, -0.05) is 13.3 Å². The van der Waals surface area contributed by atoms with E-state index in [0.717, 1.165) is 25.7 Å². The summed E-state index contributed by atoms with van der Waals surface area (Å²) in [5.41, 5.74) is 6.04. The van der Waals surface area contributed by atoms with Crippen molar-refractivity contribution in [2.75, 3.05) is 6.61 Å². The van der Waals surface area contributed by atoms with Crippen LogP contribution in [0.5, 0.6) is 11.8 Å². The Hall–Kier alpha value is -1.36. The van der Waals surface area contributed by atoms with E-state index in [4.69, 9.17) is 15.2 Å². The van der Waals surface area contributed by atoms with Crippen LogP contribution in [0, 0.1) is 0 Å². The van der Waals surface area contributed by atoms with Crippen molar-refractivity contribution < 1.29 is 9.47 Å². The lowest BCUT2D eigenvalue weighted by molar-refractivity contribution is 0.124. The Morgan fingerprint density at radius 2 is 2.06 bits per heavy atom. The number of aromatic nitrogens is 2. The third kappa shape index (κ3) is 3.57. The molecule has 5 heteroatoms. The molecule has 2 rings (SSSR count). The van der Waals surface area contributed by atoms with Gasteiger partial charge in [0.1, 0.15) is 6.10 Å². The summed E-state index contributed by atoms with van der Waals surface area (Å²) >= 11 is 0.